The van der Waals surface area contributed by atoms with Crippen LogP contribution in [0.4, 0.5) is 0 Å². The number of ether oxygens (including phenoxy) is 1. The molecule has 1 heterocycles. The van der Waals surface area contributed by atoms with Crippen molar-refractivity contribution in [1.29, 1.82) is 0 Å². The number of hydrogen-bond donors (Lipinski definition) is 1. The molecule has 0 amide bonds. The molecular weight excluding hydrogens is 264 g/mol. The van der Waals surface area contributed by atoms with Gasteiger partial charge in [-0.3, -0.25) is 4.79 Å². The van der Waals surface area contributed by atoms with E-state index in [1.807, 2.05) is 0 Å². The average Bonchev–Trinajstić information content (AvgIpc) is 2.35. The molecule has 0 atom stereocenters. The highest BCUT2D eigenvalue weighted by Crippen LogP contribution is 2.22. The van der Waals surface area contributed by atoms with Crippen LogP contribution >= 0.6 is 23.3 Å². The molecule has 0 unspecified atom stereocenters. The molecule has 88 valence electrons. The van der Waals surface area contributed by atoms with E-state index < -0.39 is 5.43 Å². The molecule has 0 bridgehead atoms. The Morgan fingerprint density at radius 2 is 2.12 bits per heavy atom. The van der Waals surface area contributed by atoms with Crippen LogP contribution in [0.15, 0.2) is 29.1 Å². The predicted molar refractivity (Wildman–Crippen MR) is 63.6 cm³/mol. The topological polar surface area (TPSA) is 72.3 Å². The molecule has 1 N–H and O–H groups in total. The smallest absolute Gasteiger partial charge is 0.283 e. The quantitative estimate of drug-likeness (QED) is 0.921. The molecule has 1 aromatic heterocycles. The number of aromatic nitrogens is 2. The summed E-state index contributed by atoms with van der Waals surface area (Å²) in [5.74, 6) is 0.227. The Labute approximate surface area is 106 Å². The van der Waals surface area contributed by atoms with Gasteiger partial charge in [0, 0.05) is 5.56 Å². The van der Waals surface area contributed by atoms with Crippen LogP contribution in [0.2, 0.25) is 5.15 Å². The summed E-state index contributed by atoms with van der Waals surface area (Å²) in [4.78, 5) is 11.5. The summed E-state index contributed by atoms with van der Waals surface area (Å²) in [6.07, 6.45) is 0. The molecule has 0 radical (unpaired) electrons. The van der Waals surface area contributed by atoms with Gasteiger partial charge in [0.05, 0.1) is 18.3 Å². The molecule has 0 aliphatic rings. The Bertz CT molecular complexity index is 588. The Balaban J connectivity index is 2.38. The standard InChI is InChI=1S/C10H7ClN2O3S/c11-9-8(15)10(13-17-12-9)16-7-4-2-1-3-6(7)5-14/h1-4,14H,5H2. The van der Waals surface area contributed by atoms with Crippen LogP contribution < -0.4 is 10.2 Å². The van der Waals surface area contributed by atoms with Gasteiger partial charge in [-0.2, -0.15) is 4.37 Å². The third kappa shape index (κ3) is 2.60. The molecule has 5 nitrogen and oxygen atoms in total. The van der Waals surface area contributed by atoms with Crippen molar-refractivity contribution in [3.05, 3.63) is 45.2 Å². The van der Waals surface area contributed by atoms with Gasteiger partial charge in [0.15, 0.2) is 5.15 Å². The molecule has 7 heteroatoms. The molecule has 17 heavy (non-hydrogen) atoms. The highest BCUT2D eigenvalue weighted by molar-refractivity contribution is 6.99. The van der Waals surface area contributed by atoms with E-state index in [1.54, 1.807) is 24.3 Å². The summed E-state index contributed by atoms with van der Waals surface area (Å²) < 4.78 is 12.6. The monoisotopic (exact) mass is 270 g/mol. The van der Waals surface area contributed by atoms with Crippen molar-refractivity contribution in [3.63, 3.8) is 0 Å². The van der Waals surface area contributed by atoms with Crippen molar-refractivity contribution in [2.75, 3.05) is 0 Å². The van der Waals surface area contributed by atoms with E-state index in [9.17, 15) is 4.79 Å². The first-order chi connectivity index (χ1) is 8.22. The minimum atomic E-state index is -0.571. The zero-order valence-electron chi connectivity index (χ0n) is 8.46. The summed E-state index contributed by atoms with van der Waals surface area (Å²) in [7, 11) is 0. The van der Waals surface area contributed by atoms with Gasteiger partial charge < -0.3 is 9.84 Å². The Hall–Kier alpha value is -1.50. The lowest BCUT2D eigenvalue weighted by molar-refractivity contribution is 0.276. The van der Waals surface area contributed by atoms with Gasteiger partial charge >= 0.3 is 0 Å². The number of halogens is 1. The van der Waals surface area contributed by atoms with Crippen LogP contribution in [0.5, 0.6) is 11.6 Å². The Kier molecular flexibility index (Phi) is 3.68. The van der Waals surface area contributed by atoms with Gasteiger partial charge in [-0.25, -0.2) is 0 Å². The summed E-state index contributed by atoms with van der Waals surface area (Å²) in [6.45, 7) is -0.188. The van der Waals surface area contributed by atoms with E-state index in [2.05, 4.69) is 8.75 Å². The molecule has 0 fully saturated rings. The average molecular weight is 271 g/mol. The maximum Gasteiger partial charge on any atom is 0.283 e. The summed E-state index contributed by atoms with van der Waals surface area (Å²) in [5.41, 5.74) is -0.00945. The molecule has 0 aliphatic heterocycles. The van der Waals surface area contributed by atoms with Gasteiger partial charge in [-0.05, 0) is 6.07 Å². The molecular formula is C10H7ClN2O3S. The van der Waals surface area contributed by atoms with E-state index in [0.29, 0.717) is 11.3 Å². The van der Waals surface area contributed by atoms with Gasteiger partial charge in [-0.15, -0.1) is 4.37 Å². The van der Waals surface area contributed by atoms with Gasteiger partial charge in [0.1, 0.15) is 5.75 Å². The number of rotatable bonds is 3. The third-order valence-corrected chi connectivity index (χ3v) is 2.84. The van der Waals surface area contributed by atoms with Crippen molar-refractivity contribution in [2.24, 2.45) is 0 Å². The van der Waals surface area contributed by atoms with E-state index in [0.717, 1.165) is 11.7 Å². The Morgan fingerprint density at radius 1 is 1.35 bits per heavy atom. The van der Waals surface area contributed by atoms with Crippen molar-refractivity contribution in [3.8, 4) is 11.6 Å². The van der Waals surface area contributed by atoms with E-state index in [4.69, 9.17) is 21.4 Å². The maximum absolute atomic E-state index is 11.5. The molecule has 2 aromatic rings. The van der Waals surface area contributed by atoms with Crippen LogP contribution in [0.3, 0.4) is 0 Å². The first kappa shape index (κ1) is 12.0. The van der Waals surface area contributed by atoms with E-state index in [-0.39, 0.29) is 17.6 Å². The van der Waals surface area contributed by atoms with Crippen molar-refractivity contribution in [2.45, 2.75) is 6.61 Å². The zero-order chi connectivity index (χ0) is 12.3. The first-order valence-electron chi connectivity index (χ1n) is 4.61. The van der Waals surface area contributed by atoms with Crippen LogP contribution in [-0.2, 0) is 6.61 Å². The first-order valence-corrected chi connectivity index (χ1v) is 5.72. The Morgan fingerprint density at radius 3 is 2.88 bits per heavy atom. The normalized spacial score (nSPS) is 10.2. The van der Waals surface area contributed by atoms with Crippen LogP contribution in [-0.4, -0.2) is 13.9 Å². The molecule has 1 aromatic carbocycles. The molecule has 0 spiro atoms. The number of para-hydroxylation sites is 1. The summed E-state index contributed by atoms with van der Waals surface area (Å²) in [5, 5.41) is 8.93. The third-order valence-electron chi connectivity index (χ3n) is 1.98. The number of aliphatic hydroxyl groups excluding tert-OH is 1. The highest BCUT2D eigenvalue weighted by atomic mass is 35.5. The fourth-order valence-corrected chi connectivity index (χ4v) is 1.73. The molecule has 0 saturated heterocycles. The van der Waals surface area contributed by atoms with Gasteiger partial charge in [0.2, 0.25) is 0 Å². The van der Waals surface area contributed by atoms with Crippen molar-refractivity contribution >= 4 is 23.3 Å². The largest absolute Gasteiger partial charge is 0.435 e. The minimum absolute atomic E-state index is 0.143. The van der Waals surface area contributed by atoms with Crippen LogP contribution in [0.1, 0.15) is 5.56 Å². The number of nitrogens with zero attached hydrogens (tertiary/aromatic N) is 2. The maximum atomic E-state index is 11.5. The lowest BCUT2D eigenvalue weighted by atomic mass is 10.2. The SMILES string of the molecule is O=c1c(Cl)nsnc1Oc1ccccc1CO. The number of benzene rings is 1. The van der Waals surface area contributed by atoms with Crippen molar-refractivity contribution in [1.82, 2.24) is 8.75 Å². The number of aliphatic hydroxyl groups is 1. The fraction of sp³-hybridized carbons (Fsp3) is 0.100. The van der Waals surface area contributed by atoms with Crippen molar-refractivity contribution < 1.29 is 9.84 Å². The lowest BCUT2D eigenvalue weighted by Crippen LogP contribution is -2.08. The second-order valence-electron chi connectivity index (χ2n) is 3.06. The van der Waals surface area contributed by atoms with Gasteiger partial charge in [-0.1, -0.05) is 29.8 Å². The summed E-state index contributed by atoms with van der Waals surface area (Å²) >= 11 is 6.35. The van der Waals surface area contributed by atoms with Crippen LogP contribution in [0, 0.1) is 0 Å². The second-order valence-corrected chi connectivity index (χ2v) is 3.94. The zero-order valence-corrected chi connectivity index (χ0v) is 10.0. The molecule has 2 rings (SSSR count). The van der Waals surface area contributed by atoms with E-state index in [1.165, 1.54) is 0 Å². The van der Waals surface area contributed by atoms with Gasteiger partial charge in [0.25, 0.3) is 11.3 Å². The highest BCUT2D eigenvalue weighted by Gasteiger charge is 2.11. The molecule has 0 saturated carbocycles. The van der Waals surface area contributed by atoms with Crippen LogP contribution in [0.25, 0.3) is 0 Å². The predicted octanol–water partition coefficient (Wildman–Crippen LogP) is 1.84. The fourth-order valence-electron chi connectivity index (χ4n) is 1.17. The lowest BCUT2D eigenvalue weighted by Gasteiger charge is -2.06. The number of hydrogen-bond acceptors (Lipinski definition) is 6. The van der Waals surface area contributed by atoms with E-state index >= 15 is 0 Å². The minimum Gasteiger partial charge on any atom is -0.435 e. The second kappa shape index (κ2) is 5.22. The molecule has 0 aliphatic carbocycles. The summed E-state index contributed by atoms with van der Waals surface area (Å²) in [6, 6.07) is 6.80.